The van der Waals surface area contributed by atoms with Gasteiger partial charge in [0.05, 0.1) is 31.9 Å². The Morgan fingerprint density at radius 1 is 1.04 bits per heavy atom. The van der Waals surface area contributed by atoms with Gasteiger partial charge in [-0.25, -0.2) is 0 Å². The number of piperazine rings is 1. The fourth-order valence-corrected chi connectivity index (χ4v) is 3.56. The normalized spacial score (nSPS) is 18.6. The van der Waals surface area contributed by atoms with E-state index in [9.17, 15) is 9.59 Å². The van der Waals surface area contributed by atoms with Gasteiger partial charge in [-0.05, 0) is 27.0 Å². The average Bonchev–Trinajstić information content (AvgIpc) is 2.93. The number of carbonyl (C=O) groups is 2. The van der Waals surface area contributed by atoms with E-state index in [0.717, 1.165) is 13.1 Å². The van der Waals surface area contributed by atoms with E-state index in [2.05, 4.69) is 11.9 Å². The van der Waals surface area contributed by atoms with Crippen LogP contribution in [-0.2, 0) is 14.3 Å². The van der Waals surface area contributed by atoms with Crippen LogP contribution in [0.2, 0.25) is 0 Å². The van der Waals surface area contributed by atoms with Gasteiger partial charge in [-0.1, -0.05) is 18.2 Å². The second-order valence-corrected chi connectivity index (χ2v) is 7.40. The SMILES string of the molecule is COc1ccccc1C1=C(N2CCN(C)CC2)C(=O)N(CCOC(C)C)C1=O. The maximum Gasteiger partial charge on any atom is 0.277 e. The van der Waals surface area contributed by atoms with Gasteiger partial charge in [0.25, 0.3) is 11.8 Å². The number of ether oxygens (including phenoxy) is 2. The molecule has 1 saturated heterocycles. The lowest BCUT2D eigenvalue weighted by Crippen LogP contribution is -2.46. The average molecular weight is 387 g/mol. The zero-order valence-corrected chi connectivity index (χ0v) is 17.1. The predicted molar refractivity (Wildman–Crippen MR) is 107 cm³/mol. The van der Waals surface area contributed by atoms with Crippen LogP contribution in [-0.4, -0.2) is 86.1 Å². The van der Waals surface area contributed by atoms with Crippen molar-refractivity contribution in [1.29, 1.82) is 0 Å². The highest BCUT2D eigenvalue weighted by Crippen LogP contribution is 2.36. The Bertz CT molecular complexity index is 767. The molecule has 2 aliphatic heterocycles. The van der Waals surface area contributed by atoms with Crippen LogP contribution >= 0.6 is 0 Å². The van der Waals surface area contributed by atoms with Crippen molar-refractivity contribution in [2.45, 2.75) is 20.0 Å². The largest absolute Gasteiger partial charge is 0.496 e. The van der Waals surface area contributed by atoms with E-state index in [0.29, 0.717) is 42.3 Å². The molecule has 1 fully saturated rings. The molecule has 152 valence electrons. The molecule has 0 saturated carbocycles. The summed E-state index contributed by atoms with van der Waals surface area (Å²) >= 11 is 0. The van der Waals surface area contributed by atoms with Gasteiger partial charge in [-0.3, -0.25) is 14.5 Å². The van der Waals surface area contributed by atoms with E-state index >= 15 is 0 Å². The molecule has 2 aliphatic rings. The molecule has 0 radical (unpaired) electrons. The molecule has 28 heavy (non-hydrogen) atoms. The van der Waals surface area contributed by atoms with Crippen molar-refractivity contribution in [2.75, 3.05) is 53.5 Å². The van der Waals surface area contributed by atoms with Gasteiger partial charge in [0, 0.05) is 31.7 Å². The second kappa shape index (κ2) is 8.75. The minimum Gasteiger partial charge on any atom is -0.496 e. The second-order valence-electron chi connectivity index (χ2n) is 7.40. The van der Waals surface area contributed by atoms with E-state index in [1.54, 1.807) is 7.11 Å². The number of carbonyl (C=O) groups excluding carboxylic acids is 2. The highest BCUT2D eigenvalue weighted by molar-refractivity contribution is 6.36. The lowest BCUT2D eigenvalue weighted by atomic mass is 10.0. The third-order valence-electron chi connectivity index (χ3n) is 5.11. The molecule has 2 amide bonds. The Morgan fingerprint density at radius 2 is 1.71 bits per heavy atom. The molecule has 0 atom stereocenters. The summed E-state index contributed by atoms with van der Waals surface area (Å²) in [6.45, 7) is 7.54. The van der Waals surface area contributed by atoms with Gasteiger partial charge >= 0.3 is 0 Å². The number of para-hydroxylation sites is 1. The summed E-state index contributed by atoms with van der Waals surface area (Å²) in [5.41, 5.74) is 1.56. The number of benzene rings is 1. The van der Waals surface area contributed by atoms with Crippen molar-refractivity contribution in [3.05, 3.63) is 35.5 Å². The number of hydrogen-bond acceptors (Lipinski definition) is 6. The topological polar surface area (TPSA) is 62.3 Å². The van der Waals surface area contributed by atoms with Crippen molar-refractivity contribution in [2.24, 2.45) is 0 Å². The van der Waals surface area contributed by atoms with Gasteiger partial charge < -0.3 is 19.3 Å². The fraction of sp³-hybridized carbons (Fsp3) is 0.524. The minimum absolute atomic E-state index is 0.0477. The van der Waals surface area contributed by atoms with Crippen LogP contribution in [0.5, 0.6) is 5.75 Å². The molecule has 0 aromatic heterocycles. The molecule has 7 heteroatoms. The number of methoxy groups -OCH3 is 1. The van der Waals surface area contributed by atoms with Crippen LogP contribution in [0.15, 0.2) is 30.0 Å². The molecule has 3 rings (SSSR count). The lowest BCUT2D eigenvalue weighted by molar-refractivity contribution is -0.138. The van der Waals surface area contributed by atoms with Crippen LogP contribution in [0.4, 0.5) is 0 Å². The first-order chi connectivity index (χ1) is 13.4. The van der Waals surface area contributed by atoms with Crippen molar-refractivity contribution >= 4 is 17.4 Å². The molecule has 0 bridgehead atoms. The van der Waals surface area contributed by atoms with Crippen molar-refractivity contribution in [3.63, 3.8) is 0 Å². The van der Waals surface area contributed by atoms with Crippen molar-refractivity contribution in [1.82, 2.24) is 14.7 Å². The van der Waals surface area contributed by atoms with Crippen molar-refractivity contribution in [3.8, 4) is 5.75 Å². The number of imide groups is 1. The monoisotopic (exact) mass is 387 g/mol. The summed E-state index contributed by atoms with van der Waals surface area (Å²) in [4.78, 5) is 32.1. The summed E-state index contributed by atoms with van der Waals surface area (Å²) < 4.78 is 11.0. The van der Waals surface area contributed by atoms with Crippen LogP contribution in [0.1, 0.15) is 19.4 Å². The summed E-state index contributed by atoms with van der Waals surface area (Å²) in [6.07, 6.45) is 0.0477. The van der Waals surface area contributed by atoms with Crippen LogP contribution in [0, 0.1) is 0 Å². The Morgan fingerprint density at radius 3 is 2.36 bits per heavy atom. The predicted octanol–water partition coefficient (Wildman–Crippen LogP) is 1.45. The molecule has 1 aromatic rings. The quantitative estimate of drug-likeness (QED) is 0.660. The summed E-state index contributed by atoms with van der Waals surface area (Å²) in [5, 5.41) is 0. The van der Waals surface area contributed by atoms with Gasteiger partial charge in [0.15, 0.2) is 0 Å². The fourth-order valence-electron chi connectivity index (χ4n) is 3.56. The standard InChI is InChI=1S/C21H29N3O4/c1-15(2)28-14-13-24-20(25)18(16-7-5-6-8-17(16)27-4)19(21(24)26)23-11-9-22(3)10-12-23/h5-8,15H,9-14H2,1-4H3. The summed E-state index contributed by atoms with van der Waals surface area (Å²) in [7, 11) is 3.63. The van der Waals surface area contributed by atoms with Crippen LogP contribution in [0.25, 0.3) is 5.57 Å². The third-order valence-corrected chi connectivity index (χ3v) is 5.11. The van der Waals surface area contributed by atoms with Gasteiger partial charge in [0.1, 0.15) is 11.4 Å². The minimum atomic E-state index is -0.282. The van der Waals surface area contributed by atoms with E-state index in [-0.39, 0.29) is 24.5 Å². The summed E-state index contributed by atoms with van der Waals surface area (Å²) in [5.74, 6) is 0.0594. The lowest BCUT2D eigenvalue weighted by Gasteiger charge is -2.34. The molecule has 7 nitrogen and oxygen atoms in total. The number of rotatable bonds is 7. The maximum atomic E-state index is 13.3. The number of likely N-dealkylation sites (N-methyl/N-ethyl adjacent to an activating group) is 1. The van der Waals surface area contributed by atoms with Crippen LogP contribution < -0.4 is 4.74 Å². The molecular weight excluding hydrogens is 358 g/mol. The zero-order valence-electron chi connectivity index (χ0n) is 17.1. The smallest absolute Gasteiger partial charge is 0.277 e. The van der Waals surface area contributed by atoms with Gasteiger partial charge in [-0.2, -0.15) is 0 Å². The number of amides is 2. The number of nitrogens with zero attached hydrogens (tertiary/aromatic N) is 3. The van der Waals surface area contributed by atoms with E-state index in [1.807, 2.05) is 43.0 Å². The first kappa shape index (κ1) is 20.4. The first-order valence-electron chi connectivity index (χ1n) is 9.73. The van der Waals surface area contributed by atoms with Gasteiger partial charge in [0.2, 0.25) is 0 Å². The Labute approximate surface area is 166 Å². The van der Waals surface area contributed by atoms with E-state index in [4.69, 9.17) is 9.47 Å². The van der Waals surface area contributed by atoms with Gasteiger partial charge in [-0.15, -0.1) is 0 Å². The molecule has 0 N–H and O–H groups in total. The molecular formula is C21H29N3O4. The Kier molecular flexibility index (Phi) is 6.36. The summed E-state index contributed by atoms with van der Waals surface area (Å²) in [6, 6.07) is 7.36. The molecule has 2 heterocycles. The molecule has 0 unspecified atom stereocenters. The van der Waals surface area contributed by atoms with Crippen LogP contribution in [0.3, 0.4) is 0 Å². The first-order valence-corrected chi connectivity index (χ1v) is 9.73. The Hall–Kier alpha value is -2.38. The van der Waals surface area contributed by atoms with E-state index in [1.165, 1.54) is 4.90 Å². The van der Waals surface area contributed by atoms with Crippen molar-refractivity contribution < 1.29 is 19.1 Å². The van der Waals surface area contributed by atoms with E-state index < -0.39 is 0 Å². The Balaban J connectivity index is 1.98. The number of hydrogen-bond donors (Lipinski definition) is 0. The molecule has 0 aliphatic carbocycles. The third kappa shape index (κ3) is 4.05. The maximum absolute atomic E-state index is 13.3. The zero-order chi connectivity index (χ0) is 20.3. The highest BCUT2D eigenvalue weighted by Gasteiger charge is 2.42. The molecule has 0 spiro atoms. The molecule has 1 aromatic carbocycles. The highest BCUT2D eigenvalue weighted by atomic mass is 16.5.